The zero-order valence-corrected chi connectivity index (χ0v) is 27.7. The van der Waals surface area contributed by atoms with Crippen molar-refractivity contribution in [2.45, 2.75) is 6.61 Å². The fraction of sp³-hybridized carbons (Fsp3) is 0.158. The summed E-state index contributed by atoms with van der Waals surface area (Å²) in [6.45, 7) is 7.94. The Hall–Kier alpha value is -5.71. The molecular formula is C38H35ClN8O2. The molecule has 0 unspecified atom stereocenters. The molecule has 1 amide bonds. The third-order valence-corrected chi connectivity index (χ3v) is 8.81. The number of halogens is 1. The van der Waals surface area contributed by atoms with Gasteiger partial charge in [-0.15, -0.1) is 0 Å². The first-order valence-corrected chi connectivity index (χ1v) is 16.4. The number of aromatic amines is 1. The van der Waals surface area contributed by atoms with Crippen molar-refractivity contribution in [2.24, 2.45) is 0 Å². The van der Waals surface area contributed by atoms with E-state index >= 15 is 0 Å². The number of benzene rings is 3. The summed E-state index contributed by atoms with van der Waals surface area (Å²) in [5.41, 5.74) is 7.67. The summed E-state index contributed by atoms with van der Waals surface area (Å²) in [6, 6.07) is 27.5. The van der Waals surface area contributed by atoms with Crippen LogP contribution in [0.1, 0.15) is 5.69 Å². The average Bonchev–Trinajstić information content (AvgIpc) is 3.53. The van der Waals surface area contributed by atoms with Gasteiger partial charge in [0.05, 0.1) is 21.8 Å². The van der Waals surface area contributed by atoms with Crippen molar-refractivity contribution in [1.82, 2.24) is 24.8 Å². The van der Waals surface area contributed by atoms with Crippen LogP contribution in [0, 0.1) is 0 Å². The summed E-state index contributed by atoms with van der Waals surface area (Å²) in [5, 5.41) is 7.58. The molecule has 10 nitrogen and oxygen atoms in total. The molecular weight excluding hydrogens is 636 g/mol. The van der Waals surface area contributed by atoms with Gasteiger partial charge in [-0.2, -0.15) is 0 Å². The maximum absolute atomic E-state index is 12.2. The Balaban J connectivity index is 1.26. The van der Waals surface area contributed by atoms with Crippen molar-refractivity contribution in [1.29, 1.82) is 0 Å². The van der Waals surface area contributed by atoms with E-state index in [0.29, 0.717) is 34.5 Å². The number of fused-ring (bicyclic) bond motifs is 1. The second-order valence-corrected chi connectivity index (χ2v) is 12.2. The molecule has 49 heavy (non-hydrogen) atoms. The number of carbonyl (C=O) groups is 1. The van der Waals surface area contributed by atoms with E-state index in [1.165, 1.54) is 18.1 Å². The highest BCUT2D eigenvalue weighted by Crippen LogP contribution is 2.42. The standard InChI is InChI=1S/C38H35ClN8O2/c1-3-33(48)43-27-9-6-7-26(21-27)34-35-37(44-28-12-15-32(31(39)22-28)49-23-29-8-4-5-16-40-29)41-24-42-38(35)45-36(34)25-10-13-30(14-11-25)47-19-17-46(2)18-20-47/h3-16,21-22,24H,1,17-20,23H2,2H3,(H,43,48)(H2,41,42,44,45). The first kappa shape index (κ1) is 31.9. The maximum Gasteiger partial charge on any atom is 0.247 e. The number of likely N-dealkylation sites (N-methyl/N-ethyl adjacent to an activating group) is 1. The summed E-state index contributed by atoms with van der Waals surface area (Å²) < 4.78 is 5.93. The van der Waals surface area contributed by atoms with E-state index in [1.54, 1.807) is 12.3 Å². The minimum atomic E-state index is -0.286. The number of carbonyl (C=O) groups excluding carboxylic acids is 1. The molecule has 0 saturated carbocycles. The minimum absolute atomic E-state index is 0.286. The number of rotatable bonds is 10. The summed E-state index contributed by atoms with van der Waals surface area (Å²) in [7, 11) is 2.16. The highest BCUT2D eigenvalue weighted by Gasteiger charge is 2.21. The molecule has 1 aliphatic rings. The van der Waals surface area contributed by atoms with Gasteiger partial charge in [0.2, 0.25) is 5.91 Å². The Bertz CT molecular complexity index is 2110. The first-order chi connectivity index (χ1) is 23.9. The van der Waals surface area contributed by atoms with Gasteiger partial charge >= 0.3 is 0 Å². The van der Waals surface area contributed by atoms with Crippen LogP contribution in [0.4, 0.5) is 22.9 Å². The third-order valence-electron chi connectivity index (χ3n) is 8.52. The van der Waals surface area contributed by atoms with Crippen LogP contribution in [0.3, 0.4) is 0 Å². The SMILES string of the molecule is C=CC(=O)Nc1cccc(-c2c(-c3ccc(N4CCN(C)CC4)cc3)[nH]c3ncnc(Nc4ccc(OCc5ccccn5)c(Cl)c4)c23)c1. The summed E-state index contributed by atoms with van der Waals surface area (Å²) in [6.07, 6.45) is 4.51. The average molecular weight is 671 g/mol. The van der Waals surface area contributed by atoms with Gasteiger partial charge in [0, 0.05) is 55.0 Å². The Labute approximate surface area is 289 Å². The van der Waals surface area contributed by atoms with Gasteiger partial charge in [-0.05, 0) is 78.8 Å². The van der Waals surface area contributed by atoms with Crippen molar-refractivity contribution in [3.63, 3.8) is 0 Å². The molecule has 1 aliphatic heterocycles. The topological polar surface area (TPSA) is 111 Å². The van der Waals surface area contributed by atoms with Gasteiger partial charge in [0.25, 0.3) is 0 Å². The molecule has 11 heteroatoms. The molecule has 1 fully saturated rings. The Kier molecular flexibility index (Phi) is 9.23. The molecule has 0 atom stereocenters. The van der Waals surface area contributed by atoms with E-state index in [4.69, 9.17) is 16.3 Å². The van der Waals surface area contributed by atoms with Crippen molar-refractivity contribution < 1.29 is 9.53 Å². The van der Waals surface area contributed by atoms with E-state index in [0.717, 1.165) is 65.3 Å². The first-order valence-electron chi connectivity index (χ1n) is 16.0. The molecule has 0 aliphatic carbocycles. The quantitative estimate of drug-likeness (QED) is 0.128. The number of anilines is 4. The lowest BCUT2D eigenvalue weighted by molar-refractivity contribution is -0.111. The van der Waals surface area contributed by atoms with Crippen LogP contribution >= 0.6 is 11.6 Å². The molecule has 3 aromatic carbocycles. The van der Waals surface area contributed by atoms with Crippen molar-refractivity contribution in [3.05, 3.63) is 121 Å². The fourth-order valence-corrected chi connectivity index (χ4v) is 6.17. The van der Waals surface area contributed by atoms with E-state index in [-0.39, 0.29) is 5.91 Å². The van der Waals surface area contributed by atoms with Crippen LogP contribution in [-0.2, 0) is 11.4 Å². The number of ether oxygens (including phenoxy) is 1. The molecule has 4 heterocycles. The number of piperazine rings is 1. The molecule has 1 saturated heterocycles. The summed E-state index contributed by atoms with van der Waals surface area (Å²) in [5.74, 6) is 0.856. The number of hydrogen-bond acceptors (Lipinski definition) is 8. The molecule has 7 rings (SSSR count). The van der Waals surface area contributed by atoms with E-state index in [1.807, 2.05) is 54.6 Å². The highest BCUT2D eigenvalue weighted by atomic mass is 35.5. The van der Waals surface area contributed by atoms with Crippen molar-refractivity contribution in [3.8, 4) is 28.1 Å². The Morgan fingerprint density at radius 1 is 0.939 bits per heavy atom. The summed E-state index contributed by atoms with van der Waals surface area (Å²) >= 11 is 6.67. The molecule has 0 radical (unpaired) electrons. The second-order valence-electron chi connectivity index (χ2n) is 11.8. The molecule has 6 aromatic rings. The van der Waals surface area contributed by atoms with Crippen LogP contribution in [0.25, 0.3) is 33.4 Å². The van der Waals surface area contributed by atoms with Gasteiger partial charge in [0.15, 0.2) is 0 Å². The lowest BCUT2D eigenvalue weighted by Gasteiger charge is -2.34. The van der Waals surface area contributed by atoms with Crippen LogP contribution in [0.15, 0.2) is 110 Å². The van der Waals surface area contributed by atoms with Gasteiger partial charge in [-0.25, -0.2) is 9.97 Å². The predicted molar refractivity (Wildman–Crippen MR) is 197 cm³/mol. The number of pyridine rings is 1. The van der Waals surface area contributed by atoms with Crippen LogP contribution in [-0.4, -0.2) is 64.0 Å². The molecule has 0 spiro atoms. The van der Waals surface area contributed by atoms with Crippen molar-refractivity contribution in [2.75, 3.05) is 48.8 Å². The lowest BCUT2D eigenvalue weighted by Crippen LogP contribution is -2.44. The Morgan fingerprint density at radius 2 is 1.78 bits per heavy atom. The lowest BCUT2D eigenvalue weighted by atomic mass is 9.98. The smallest absolute Gasteiger partial charge is 0.247 e. The van der Waals surface area contributed by atoms with Crippen molar-refractivity contribution >= 4 is 51.4 Å². The number of aromatic nitrogens is 4. The van der Waals surface area contributed by atoms with Gasteiger partial charge in [-0.3, -0.25) is 9.78 Å². The number of amides is 1. The fourth-order valence-electron chi connectivity index (χ4n) is 5.94. The van der Waals surface area contributed by atoms with Gasteiger partial charge in [-0.1, -0.05) is 48.5 Å². The number of hydrogen-bond donors (Lipinski definition) is 3. The van der Waals surface area contributed by atoms with Gasteiger partial charge < -0.3 is 30.2 Å². The van der Waals surface area contributed by atoms with Crippen LogP contribution in [0.5, 0.6) is 5.75 Å². The highest BCUT2D eigenvalue weighted by molar-refractivity contribution is 6.32. The number of nitrogens with one attached hydrogen (secondary N) is 3. The third kappa shape index (κ3) is 7.11. The molecule has 3 N–H and O–H groups in total. The van der Waals surface area contributed by atoms with Gasteiger partial charge in [0.1, 0.15) is 30.1 Å². The predicted octanol–water partition coefficient (Wildman–Crippen LogP) is 7.54. The van der Waals surface area contributed by atoms with E-state index in [9.17, 15) is 4.79 Å². The zero-order valence-electron chi connectivity index (χ0n) is 27.0. The normalized spacial score (nSPS) is 13.3. The zero-order chi connectivity index (χ0) is 33.7. The number of H-pyrrole nitrogens is 1. The largest absolute Gasteiger partial charge is 0.486 e. The van der Waals surface area contributed by atoms with E-state index in [2.05, 4.69) is 78.3 Å². The molecule has 246 valence electrons. The molecule has 0 bridgehead atoms. The van der Waals surface area contributed by atoms with E-state index < -0.39 is 0 Å². The Morgan fingerprint density at radius 3 is 2.53 bits per heavy atom. The minimum Gasteiger partial charge on any atom is -0.486 e. The monoisotopic (exact) mass is 670 g/mol. The molecule has 3 aromatic heterocycles. The van der Waals surface area contributed by atoms with Crippen LogP contribution in [0.2, 0.25) is 5.02 Å². The second kappa shape index (κ2) is 14.2. The number of nitrogens with zero attached hydrogens (tertiary/aromatic N) is 5. The van der Waals surface area contributed by atoms with Crippen LogP contribution < -0.4 is 20.3 Å². The maximum atomic E-state index is 12.2. The summed E-state index contributed by atoms with van der Waals surface area (Å²) in [4.78, 5) is 34.1.